The minimum Gasteiger partial charge on any atom is -0.376 e. The van der Waals surface area contributed by atoms with E-state index in [0.717, 1.165) is 49.4 Å². The van der Waals surface area contributed by atoms with Crippen LogP contribution in [0.1, 0.15) is 66.9 Å². The molecular formula is C26H35N3O3. The molecule has 6 heteroatoms. The SMILES string of the molecule is C=C1CCC(N2Cc3cc(C[C@H]4CCCC[C@@H]4N4CC(OCC)C4)ccc3C2=O)C(=O)N1. The monoisotopic (exact) mass is 437 g/mol. The maximum atomic E-state index is 13.0. The van der Waals surface area contributed by atoms with E-state index in [2.05, 4.69) is 35.9 Å². The molecule has 0 radical (unpaired) electrons. The summed E-state index contributed by atoms with van der Waals surface area (Å²) in [6.07, 6.45) is 8.03. The van der Waals surface area contributed by atoms with E-state index in [1.54, 1.807) is 4.90 Å². The summed E-state index contributed by atoms with van der Waals surface area (Å²) in [5, 5.41) is 2.82. The van der Waals surface area contributed by atoms with Gasteiger partial charge >= 0.3 is 0 Å². The topological polar surface area (TPSA) is 61.9 Å². The van der Waals surface area contributed by atoms with E-state index < -0.39 is 6.04 Å². The standard InChI is InChI=1S/C26H35N3O3/c1-3-32-21-15-28(16-21)23-7-5-4-6-19(23)12-18-9-10-22-20(13-18)14-29(26(22)31)24-11-8-17(2)27-25(24)30/h9-10,13,19,21,23-24H,2-8,11-12,14-16H2,1H3,(H,27,30)/t19-,23+,24?/m1/s1. The van der Waals surface area contributed by atoms with Crippen molar-refractivity contribution in [2.75, 3.05) is 19.7 Å². The van der Waals surface area contributed by atoms with Gasteiger partial charge in [-0.1, -0.05) is 31.6 Å². The number of carbonyl (C=O) groups excluding carboxylic acids is 2. The highest BCUT2D eigenvalue weighted by atomic mass is 16.5. The van der Waals surface area contributed by atoms with Gasteiger partial charge < -0.3 is 15.0 Å². The molecule has 0 aromatic heterocycles. The van der Waals surface area contributed by atoms with Gasteiger partial charge in [-0.3, -0.25) is 14.5 Å². The average molecular weight is 438 g/mol. The first-order valence-corrected chi connectivity index (χ1v) is 12.3. The van der Waals surface area contributed by atoms with Gasteiger partial charge in [0.25, 0.3) is 5.91 Å². The third-order valence-corrected chi connectivity index (χ3v) is 7.81. The summed E-state index contributed by atoms with van der Waals surface area (Å²) < 4.78 is 5.77. The fourth-order valence-electron chi connectivity index (χ4n) is 6.13. The van der Waals surface area contributed by atoms with Gasteiger partial charge in [0.1, 0.15) is 6.04 Å². The summed E-state index contributed by atoms with van der Waals surface area (Å²) >= 11 is 0. The number of carbonyl (C=O) groups is 2. The lowest BCUT2D eigenvalue weighted by Gasteiger charge is -2.48. The van der Waals surface area contributed by atoms with Crippen molar-refractivity contribution >= 4 is 11.8 Å². The number of nitrogens with one attached hydrogen (secondary N) is 1. The van der Waals surface area contributed by atoms with Crippen LogP contribution in [0.15, 0.2) is 30.5 Å². The Bertz CT molecular complexity index is 908. The van der Waals surface area contributed by atoms with Gasteiger partial charge in [-0.05, 0) is 62.1 Å². The number of amides is 2. The van der Waals surface area contributed by atoms with E-state index in [4.69, 9.17) is 4.74 Å². The van der Waals surface area contributed by atoms with Crippen LogP contribution in [-0.4, -0.2) is 59.5 Å². The Morgan fingerprint density at radius 2 is 1.97 bits per heavy atom. The molecule has 32 heavy (non-hydrogen) atoms. The normalized spacial score (nSPS) is 29.1. The Hall–Kier alpha value is -2.18. The van der Waals surface area contributed by atoms with E-state index in [0.29, 0.717) is 31.0 Å². The number of hydrogen-bond donors (Lipinski definition) is 1. The molecule has 1 aliphatic carbocycles. The Labute approximate surface area is 191 Å². The quantitative estimate of drug-likeness (QED) is 0.742. The number of fused-ring (bicyclic) bond motifs is 1. The molecule has 3 atom stereocenters. The Balaban J connectivity index is 1.26. The van der Waals surface area contributed by atoms with Crippen LogP contribution < -0.4 is 5.32 Å². The second kappa shape index (κ2) is 8.99. The molecule has 2 amide bonds. The molecule has 1 N–H and O–H groups in total. The summed E-state index contributed by atoms with van der Waals surface area (Å²) in [5.74, 6) is 0.539. The first-order valence-electron chi connectivity index (χ1n) is 12.3. The van der Waals surface area contributed by atoms with E-state index in [9.17, 15) is 9.59 Å². The van der Waals surface area contributed by atoms with E-state index in [1.165, 1.54) is 31.2 Å². The highest BCUT2D eigenvalue weighted by Crippen LogP contribution is 2.35. The van der Waals surface area contributed by atoms with E-state index in [1.807, 2.05) is 6.07 Å². The van der Waals surface area contributed by atoms with Crippen LogP contribution in [0, 0.1) is 5.92 Å². The molecule has 1 unspecified atom stereocenters. The number of benzene rings is 1. The lowest BCUT2D eigenvalue weighted by atomic mass is 9.78. The lowest BCUT2D eigenvalue weighted by Crippen LogP contribution is -2.59. The predicted octanol–water partition coefficient (Wildman–Crippen LogP) is 3.26. The summed E-state index contributed by atoms with van der Waals surface area (Å²) in [6, 6.07) is 6.59. The number of piperidine rings is 1. The Morgan fingerprint density at radius 1 is 1.16 bits per heavy atom. The van der Waals surface area contributed by atoms with Gasteiger partial charge in [0.05, 0.1) is 6.10 Å². The number of rotatable bonds is 6. The maximum absolute atomic E-state index is 13.0. The fraction of sp³-hybridized carbons (Fsp3) is 0.615. The number of hydrogen-bond acceptors (Lipinski definition) is 4. The van der Waals surface area contributed by atoms with Crippen molar-refractivity contribution in [2.45, 2.75) is 76.6 Å². The van der Waals surface area contributed by atoms with Crippen LogP contribution in [0.2, 0.25) is 0 Å². The lowest BCUT2D eigenvalue weighted by molar-refractivity contribution is -0.126. The molecule has 3 fully saturated rings. The molecule has 0 bridgehead atoms. The van der Waals surface area contributed by atoms with Crippen LogP contribution in [0.25, 0.3) is 0 Å². The number of likely N-dealkylation sites (tertiary alicyclic amines) is 1. The average Bonchev–Trinajstić information content (AvgIpc) is 3.07. The molecule has 1 aromatic rings. The number of ether oxygens (including phenoxy) is 1. The molecule has 2 saturated heterocycles. The van der Waals surface area contributed by atoms with Crippen molar-refractivity contribution in [2.24, 2.45) is 5.92 Å². The first-order chi connectivity index (χ1) is 15.5. The van der Waals surface area contributed by atoms with Crippen molar-refractivity contribution in [3.63, 3.8) is 0 Å². The molecule has 5 rings (SSSR count). The van der Waals surface area contributed by atoms with E-state index >= 15 is 0 Å². The molecule has 4 aliphatic rings. The first kappa shape index (κ1) is 21.7. The number of allylic oxidation sites excluding steroid dienone is 1. The largest absolute Gasteiger partial charge is 0.376 e. The predicted molar refractivity (Wildman–Crippen MR) is 123 cm³/mol. The zero-order chi connectivity index (χ0) is 22.2. The highest BCUT2D eigenvalue weighted by Gasteiger charge is 2.40. The molecule has 0 spiro atoms. The molecular weight excluding hydrogens is 402 g/mol. The van der Waals surface area contributed by atoms with Gasteiger partial charge in [0.15, 0.2) is 0 Å². The molecule has 3 heterocycles. The second-order valence-electron chi connectivity index (χ2n) is 9.92. The molecule has 1 aromatic carbocycles. The van der Waals surface area contributed by atoms with Crippen molar-refractivity contribution in [3.05, 3.63) is 47.2 Å². The van der Waals surface area contributed by atoms with Crippen molar-refractivity contribution in [1.29, 1.82) is 0 Å². The van der Waals surface area contributed by atoms with Gasteiger partial charge in [-0.25, -0.2) is 0 Å². The van der Waals surface area contributed by atoms with Crippen molar-refractivity contribution in [3.8, 4) is 0 Å². The minimum absolute atomic E-state index is 0.0164. The molecule has 172 valence electrons. The number of nitrogens with zero attached hydrogens (tertiary/aromatic N) is 2. The van der Waals surface area contributed by atoms with Crippen LogP contribution in [-0.2, 0) is 22.5 Å². The summed E-state index contributed by atoms with van der Waals surface area (Å²) in [6.45, 7) is 9.39. The van der Waals surface area contributed by atoms with Gasteiger partial charge in [-0.15, -0.1) is 0 Å². The van der Waals surface area contributed by atoms with Gasteiger partial charge in [0.2, 0.25) is 5.91 Å². The van der Waals surface area contributed by atoms with Crippen LogP contribution >= 0.6 is 0 Å². The van der Waals surface area contributed by atoms with Crippen molar-refractivity contribution < 1.29 is 14.3 Å². The molecule has 3 aliphatic heterocycles. The molecule has 1 saturated carbocycles. The van der Waals surface area contributed by atoms with Crippen molar-refractivity contribution in [1.82, 2.24) is 15.1 Å². The Kier molecular flexibility index (Phi) is 6.08. The zero-order valence-electron chi connectivity index (χ0n) is 19.1. The third kappa shape index (κ3) is 4.11. The summed E-state index contributed by atoms with van der Waals surface area (Å²) in [7, 11) is 0. The zero-order valence-corrected chi connectivity index (χ0v) is 19.1. The molecule has 6 nitrogen and oxygen atoms in total. The minimum atomic E-state index is -0.392. The van der Waals surface area contributed by atoms with Gasteiger partial charge in [0, 0.05) is 43.5 Å². The third-order valence-electron chi connectivity index (χ3n) is 7.81. The fourth-order valence-corrected chi connectivity index (χ4v) is 6.13. The second-order valence-corrected chi connectivity index (χ2v) is 9.92. The Morgan fingerprint density at radius 3 is 2.75 bits per heavy atom. The summed E-state index contributed by atoms with van der Waals surface area (Å²) in [5.41, 5.74) is 3.89. The van der Waals surface area contributed by atoms with Crippen LogP contribution in [0.3, 0.4) is 0 Å². The smallest absolute Gasteiger partial charge is 0.255 e. The van der Waals surface area contributed by atoms with E-state index in [-0.39, 0.29) is 11.8 Å². The van der Waals surface area contributed by atoms with Crippen LogP contribution in [0.5, 0.6) is 0 Å². The maximum Gasteiger partial charge on any atom is 0.255 e. The van der Waals surface area contributed by atoms with Gasteiger partial charge in [-0.2, -0.15) is 0 Å². The van der Waals surface area contributed by atoms with Crippen LogP contribution in [0.4, 0.5) is 0 Å². The summed E-state index contributed by atoms with van der Waals surface area (Å²) in [4.78, 5) is 29.8. The highest BCUT2D eigenvalue weighted by molar-refractivity contribution is 6.01.